The highest BCUT2D eigenvalue weighted by molar-refractivity contribution is 6.04. The summed E-state index contributed by atoms with van der Waals surface area (Å²) in [6, 6.07) is 9.71. The highest BCUT2D eigenvalue weighted by Gasteiger charge is 2.16. The lowest BCUT2D eigenvalue weighted by molar-refractivity contribution is 0.101. The summed E-state index contributed by atoms with van der Waals surface area (Å²) in [5.41, 5.74) is 4.63. The molecule has 2 heterocycles. The van der Waals surface area contributed by atoms with Gasteiger partial charge in [0, 0.05) is 48.4 Å². The van der Waals surface area contributed by atoms with Gasteiger partial charge in [0.25, 0.3) is 0 Å². The van der Waals surface area contributed by atoms with Gasteiger partial charge < -0.3 is 15.4 Å². The van der Waals surface area contributed by atoms with E-state index in [-0.39, 0.29) is 11.8 Å². The molecule has 0 atom stereocenters. The molecule has 3 aromatic rings. The van der Waals surface area contributed by atoms with Crippen molar-refractivity contribution < 1.29 is 9.53 Å². The average molecular weight is 435 g/mol. The molecule has 0 bridgehead atoms. The Bertz CT molecular complexity index is 1140. The van der Waals surface area contributed by atoms with E-state index in [9.17, 15) is 4.79 Å². The summed E-state index contributed by atoms with van der Waals surface area (Å²) >= 11 is 0. The van der Waals surface area contributed by atoms with Crippen LogP contribution in [0.25, 0.3) is 0 Å². The monoisotopic (exact) mass is 434 g/mol. The van der Waals surface area contributed by atoms with E-state index in [0.29, 0.717) is 28.6 Å². The second-order valence-electron chi connectivity index (χ2n) is 7.91. The maximum atomic E-state index is 12.3. The minimum atomic E-state index is -0.0899. The number of aliphatic imine (C=N–C) groups is 1. The van der Waals surface area contributed by atoms with E-state index in [2.05, 4.69) is 25.7 Å². The molecular weight excluding hydrogens is 404 g/mol. The number of nitrogens with zero attached hydrogens (tertiary/aromatic N) is 4. The Hall–Kier alpha value is -3.68. The van der Waals surface area contributed by atoms with Crippen LogP contribution in [0.1, 0.15) is 49.3 Å². The number of aryl methyl sites for hydroxylation is 2. The van der Waals surface area contributed by atoms with Crippen molar-refractivity contribution in [2.45, 2.75) is 40.7 Å². The van der Waals surface area contributed by atoms with Crippen molar-refractivity contribution >= 4 is 34.5 Å². The second-order valence-corrected chi connectivity index (χ2v) is 7.91. The summed E-state index contributed by atoms with van der Waals surface area (Å²) in [4.78, 5) is 21.3. The molecule has 1 aromatic carbocycles. The van der Waals surface area contributed by atoms with Crippen LogP contribution >= 0.6 is 0 Å². The predicted molar refractivity (Wildman–Crippen MR) is 129 cm³/mol. The number of hydrogen-bond donors (Lipinski definition) is 2. The molecule has 3 rings (SSSR count). The Morgan fingerprint density at radius 3 is 2.44 bits per heavy atom. The third-order valence-electron chi connectivity index (χ3n) is 4.98. The lowest BCUT2D eigenvalue weighted by atomic mass is 10.1. The Morgan fingerprint density at radius 2 is 1.84 bits per heavy atom. The molecule has 8 nitrogen and oxygen atoms in total. The quantitative estimate of drug-likeness (QED) is 0.381. The molecule has 0 fully saturated rings. The summed E-state index contributed by atoms with van der Waals surface area (Å²) < 4.78 is 7.50. The van der Waals surface area contributed by atoms with Crippen molar-refractivity contribution in [3.63, 3.8) is 0 Å². The van der Waals surface area contributed by atoms with Gasteiger partial charge in [-0.1, -0.05) is 6.07 Å². The van der Waals surface area contributed by atoms with E-state index < -0.39 is 0 Å². The van der Waals surface area contributed by atoms with Crippen LogP contribution in [0.15, 0.2) is 41.5 Å². The number of ether oxygens (including phenoxy) is 1. The molecule has 0 aliphatic rings. The molecule has 168 valence electrons. The van der Waals surface area contributed by atoms with Crippen LogP contribution in [0, 0.1) is 6.92 Å². The lowest BCUT2D eigenvalue weighted by Gasteiger charge is -2.17. The molecule has 0 aliphatic carbocycles. The number of methoxy groups -OCH3 is 1. The first-order chi connectivity index (χ1) is 15.2. The topological polar surface area (TPSA) is 93.4 Å². The van der Waals surface area contributed by atoms with Gasteiger partial charge in [-0.3, -0.25) is 14.5 Å². The number of pyridine rings is 1. The first-order valence-electron chi connectivity index (χ1n) is 10.5. The van der Waals surface area contributed by atoms with Gasteiger partial charge in [-0.05, 0) is 46.8 Å². The minimum absolute atomic E-state index is 0.0899. The average Bonchev–Trinajstić information content (AvgIpc) is 3.04. The molecule has 0 saturated carbocycles. The van der Waals surface area contributed by atoms with Crippen LogP contribution in [0.4, 0.5) is 23.0 Å². The van der Waals surface area contributed by atoms with Gasteiger partial charge in [-0.15, -0.1) is 0 Å². The zero-order valence-corrected chi connectivity index (χ0v) is 19.6. The van der Waals surface area contributed by atoms with Crippen LogP contribution in [0.3, 0.4) is 0 Å². The molecule has 0 saturated heterocycles. The summed E-state index contributed by atoms with van der Waals surface area (Å²) in [5, 5.41) is 11.0. The summed E-state index contributed by atoms with van der Waals surface area (Å²) in [7, 11) is 3.51. The van der Waals surface area contributed by atoms with E-state index in [0.717, 1.165) is 22.7 Å². The number of carbonyl (C=O) groups is 1. The molecule has 2 N–H and O–H groups in total. The third-order valence-corrected chi connectivity index (χ3v) is 4.98. The van der Waals surface area contributed by atoms with Gasteiger partial charge in [0.2, 0.25) is 0 Å². The number of benzene rings is 1. The molecule has 8 heteroatoms. The number of hydrogen-bond acceptors (Lipinski definition) is 7. The number of nitrogens with one attached hydrogen (secondary N) is 2. The van der Waals surface area contributed by atoms with Crippen molar-refractivity contribution in [3.8, 4) is 5.75 Å². The van der Waals surface area contributed by atoms with Gasteiger partial charge in [-0.2, -0.15) is 5.10 Å². The Balaban J connectivity index is 2.01. The predicted octanol–water partition coefficient (Wildman–Crippen LogP) is 5.04. The fraction of sp³-hybridized carbons (Fsp3) is 0.333. The molecule has 32 heavy (non-hydrogen) atoms. The summed E-state index contributed by atoms with van der Waals surface area (Å²) in [6.45, 7) is 9.52. The van der Waals surface area contributed by atoms with E-state index in [1.807, 2.05) is 59.0 Å². The Kier molecular flexibility index (Phi) is 6.92. The molecule has 0 radical (unpaired) electrons. The number of anilines is 4. The number of aromatic nitrogens is 3. The van der Waals surface area contributed by atoms with Crippen LogP contribution in [0.5, 0.6) is 5.75 Å². The van der Waals surface area contributed by atoms with E-state index in [1.54, 1.807) is 24.1 Å². The number of rotatable bonds is 8. The highest BCUT2D eigenvalue weighted by Crippen LogP contribution is 2.34. The molecule has 0 spiro atoms. The number of carbonyl (C=O) groups excluding carboxylic acids is 1. The molecule has 2 aromatic heterocycles. The van der Waals surface area contributed by atoms with Crippen molar-refractivity contribution in [2.75, 3.05) is 17.7 Å². The smallest absolute Gasteiger partial charge is 0.163 e. The fourth-order valence-corrected chi connectivity index (χ4v) is 3.40. The number of para-hydroxylation sites is 1. The van der Waals surface area contributed by atoms with Crippen molar-refractivity contribution in [3.05, 3.63) is 53.3 Å². The molecule has 0 unspecified atom stereocenters. The largest absolute Gasteiger partial charge is 0.494 e. The summed E-state index contributed by atoms with van der Waals surface area (Å²) in [6.07, 6.45) is 1.56. The van der Waals surface area contributed by atoms with Crippen molar-refractivity contribution in [1.82, 2.24) is 14.8 Å². The fourth-order valence-electron chi connectivity index (χ4n) is 3.40. The minimum Gasteiger partial charge on any atom is -0.494 e. The maximum Gasteiger partial charge on any atom is 0.163 e. The Morgan fingerprint density at radius 1 is 1.09 bits per heavy atom. The van der Waals surface area contributed by atoms with E-state index >= 15 is 0 Å². The lowest BCUT2D eigenvalue weighted by Crippen LogP contribution is -2.07. The van der Waals surface area contributed by atoms with Crippen molar-refractivity contribution in [1.29, 1.82) is 0 Å². The first kappa shape index (κ1) is 23.0. The third kappa shape index (κ3) is 5.14. The zero-order chi connectivity index (χ0) is 23.4. The van der Waals surface area contributed by atoms with E-state index in [1.165, 1.54) is 6.92 Å². The van der Waals surface area contributed by atoms with Crippen LogP contribution in [-0.4, -0.2) is 39.4 Å². The van der Waals surface area contributed by atoms with Gasteiger partial charge in [0.05, 0.1) is 24.0 Å². The number of Topliss-reactive ketones (excluding diaryl/α,β-unsaturated/α-hetero) is 1. The normalized spacial score (nSPS) is 11.6. The van der Waals surface area contributed by atoms with Gasteiger partial charge in [0.1, 0.15) is 5.82 Å². The molecular formula is C24H30N6O2. The van der Waals surface area contributed by atoms with Gasteiger partial charge in [-0.25, -0.2) is 4.98 Å². The SMILES string of the molecule is COc1c(Nc2cc(Nc3cc(C)n(C)n3)ncc2C(C)=O)cccc1C(C)=NC(C)C. The van der Waals surface area contributed by atoms with Crippen LogP contribution in [0.2, 0.25) is 0 Å². The van der Waals surface area contributed by atoms with E-state index in [4.69, 9.17) is 4.74 Å². The van der Waals surface area contributed by atoms with Gasteiger partial charge >= 0.3 is 0 Å². The molecule has 0 amide bonds. The Labute approximate surface area is 188 Å². The summed E-state index contributed by atoms with van der Waals surface area (Å²) in [5.74, 6) is 1.82. The van der Waals surface area contributed by atoms with Crippen LogP contribution < -0.4 is 15.4 Å². The zero-order valence-electron chi connectivity index (χ0n) is 19.6. The first-order valence-corrected chi connectivity index (χ1v) is 10.5. The molecule has 0 aliphatic heterocycles. The number of ketones is 1. The maximum absolute atomic E-state index is 12.3. The standard InChI is InChI=1S/C24H30N6O2/c1-14(2)26-16(4)18-9-8-10-20(24(18)32-7)27-21-12-22(25-13-19(21)17(5)31)28-23-11-15(3)30(6)29-23/h8-14H,1-7H3,(H2,25,27,28,29). The van der Waals surface area contributed by atoms with Crippen LogP contribution in [-0.2, 0) is 7.05 Å². The van der Waals surface area contributed by atoms with Gasteiger partial charge in [0.15, 0.2) is 17.4 Å². The highest BCUT2D eigenvalue weighted by atomic mass is 16.5. The second kappa shape index (κ2) is 9.64. The van der Waals surface area contributed by atoms with Crippen molar-refractivity contribution in [2.24, 2.45) is 12.0 Å².